The van der Waals surface area contributed by atoms with E-state index >= 15 is 0 Å². The van der Waals surface area contributed by atoms with E-state index < -0.39 is 0 Å². The van der Waals surface area contributed by atoms with Gasteiger partial charge in [0.1, 0.15) is 0 Å². The van der Waals surface area contributed by atoms with Crippen LogP contribution in [0.3, 0.4) is 0 Å². The molecular formula is C12H15N3O. The van der Waals surface area contributed by atoms with Crippen LogP contribution in [0.4, 0.5) is 5.95 Å². The SMILES string of the molecule is COCC(C)c1nc(N)nc2ccccc12. The van der Waals surface area contributed by atoms with Crippen molar-refractivity contribution in [1.82, 2.24) is 9.97 Å². The summed E-state index contributed by atoms with van der Waals surface area (Å²) >= 11 is 0. The molecule has 0 fully saturated rings. The highest BCUT2D eigenvalue weighted by atomic mass is 16.5. The Labute approximate surface area is 94.5 Å². The van der Waals surface area contributed by atoms with Crippen LogP contribution in [-0.4, -0.2) is 23.7 Å². The highest BCUT2D eigenvalue weighted by Crippen LogP contribution is 2.23. The Morgan fingerprint density at radius 3 is 2.81 bits per heavy atom. The van der Waals surface area contributed by atoms with Crippen molar-refractivity contribution in [2.45, 2.75) is 12.8 Å². The van der Waals surface area contributed by atoms with E-state index in [0.717, 1.165) is 16.6 Å². The fraction of sp³-hybridized carbons (Fsp3) is 0.333. The van der Waals surface area contributed by atoms with Crippen molar-refractivity contribution in [1.29, 1.82) is 0 Å². The predicted molar refractivity (Wildman–Crippen MR) is 64.2 cm³/mol. The van der Waals surface area contributed by atoms with Gasteiger partial charge in [-0.1, -0.05) is 25.1 Å². The monoisotopic (exact) mass is 217 g/mol. The number of hydrogen-bond donors (Lipinski definition) is 1. The Balaban J connectivity index is 2.58. The minimum atomic E-state index is 0.209. The van der Waals surface area contributed by atoms with Crippen molar-refractivity contribution in [3.8, 4) is 0 Å². The lowest BCUT2D eigenvalue weighted by molar-refractivity contribution is 0.183. The summed E-state index contributed by atoms with van der Waals surface area (Å²) in [4.78, 5) is 8.51. The molecule has 0 bridgehead atoms. The number of benzene rings is 1. The number of hydrogen-bond acceptors (Lipinski definition) is 4. The third-order valence-electron chi connectivity index (χ3n) is 2.53. The zero-order chi connectivity index (χ0) is 11.5. The summed E-state index contributed by atoms with van der Waals surface area (Å²) in [6, 6.07) is 7.87. The second kappa shape index (κ2) is 4.45. The largest absolute Gasteiger partial charge is 0.384 e. The van der Waals surface area contributed by atoms with Crippen LogP contribution in [0.2, 0.25) is 0 Å². The summed E-state index contributed by atoms with van der Waals surface area (Å²) in [7, 11) is 1.68. The number of fused-ring (bicyclic) bond motifs is 1. The van der Waals surface area contributed by atoms with Gasteiger partial charge in [0.05, 0.1) is 17.8 Å². The van der Waals surface area contributed by atoms with E-state index in [2.05, 4.69) is 16.9 Å². The number of para-hydroxylation sites is 1. The molecule has 0 saturated carbocycles. The molecule has 0 radical (unpaired) electrons. The predicted octanol–water partition coefficient (Wildman–Crippen LogP) is 1.96. The first-order chi connectivity index (χ1) is 7.72. The number of aromatic nitrogens is 2. The first-order valence-electron chi connectivity index (χ1n) is 5.23. The molecule has 2 N–H and O–H groups in total. The molecule has 4 nitrogen and oxygen atoms in total. The average molecular weight is 217 g/mol. The van der Waals surface area contributed by atoms with E-state index in [1.165, 1.54) is 0 Å². The van der Waals surface area contributed by atoms with E-state index in [4.69, 9.17) is 10.5 Å². The van der Waals surface area contributed by atoms with Crippen molar-refractivity contribution in [3.63, 3.8) is 0 Å². The van der Waals surface area contributed by atoms with E-state index in [-0.39, 0.29) is 5.92 Å². The quantitative estimate of drug-likeness (QED) is 0.853. The van der Waals surface area contributed by atoms with Gasteiger partial charge in [-0.3, -0.25) is 0 Å². The molecule has 1 atom stereocenters. The van der Waals surface area contributed by atoms with E-state index in [0.29, 0.717) is 12.6 Å². The minimum absolute atomic E-state index is 0.209. The molecule has 2 rings (SSSR count). The molecule has 0 saturated heterocycles. The van der Waals surface area contributed by atoms with Crippen LogP contribution in [0.25, 0.3) is 10.9 Å². The molecule has 0 amide bonds. The van der Waals surface area contributed by atoms with Gasteiger partial charge >= 0.3 is 0 Å². The van der Waals surface area contributed by atoms with Gasteiger partial charge in [-0.15, -0.1) is 0 Å². The van der Waals surface area contributed by atoms with Gasteiger partial charge in [0, 0.05) is 18.4 Å². The maximum atomic E-state index is 5.70. The van der Waals surface area contributed by atoms with Crippen molar-refractivity contribution in [3.05, 3.63) is 30.0 Å². The smallest absolute Gasteiger partial charge is 0.220 e. The van der Waals surface area contributed by atoms with Crippen LogP contribution in [0.5, 0.6) is 0 Å². The number of anilines is 1. The summed E-state index contributed by atoms with van der Waals surface area (Å²) in [5.74, 6) is 0.525. The van der Waals surface area contributed by atoms with Gasteiger partial charge < -0.3 is 10.5 Å². The lowest BCUT2D eigenvalue weighted by Gasteiger charge is -2.12. The molecule has 0 spiro atoms. The number of nitrogens with two attached hydrogens (primary N) is 1. The lowest BCUT2D eigenvalue weighted by Crippen LogP contribution is -2.08. The Kier molecular flexibility index (Phi) is 3.01. The highest BCUT2D eigenvalue weighted by molar-refractivity contribution is 5.82. The van der Waals surface area contributed by atoms with Crippen LogP contribution in [0.15, 0.2) is 24.3 Å². The fourth-order valence-corrected chi connectivity index (χ4v) is 1.82. The maximum Gasteiger partial charge on any atom is 0.220 e. The van der Waals surface area contributed by atoms with Crippen molar-refractivity contribution >= 4 is 16.9 Å². The van der Waals surface area contributed by atoms with Gasteiger partial charge in [-0.2, -0.15) is 0 Å². The second-order valence-electron chi connectivity index (χ2n) is 3.84. The maximum absolute atomic E-state index is 5.70. The second-order valence-corrected chi connectivity index (χ2v) is 3.84. The van der Waals surface area contributed by atoms with E-state index in [1.807, 2.05) is 24.3 Å². The summed E-state index contributed by atoms with van der Waals surface area (Å²) < 4.78 is 5.15. The van der Waals surface area contributed by atoms with Crippen LogP contribution >= 0.6 is 0 Å². The molecule has 1 unspecified atom stereocenters. The topological polar surface area (TPSA) is 61.0 Å². The lowest BCUT2D eigenvalue weighted by atomic mass is 10.0. The molecule has 84 valence electrons. The van der Waals surface area contributed by atoms with Crippen molar-refractivity contribution in [2.24, 2.45) is 0 Å². The Hall–Kier alpha value is -1.68. The van der Waals surface area contributed by atoms with Gasteiger partial charge in [0.25, 0.3) is 0 Å². The van der Waals surface area contributed by atoms with Crippen molar-refractivity contribution < 1.29 is 4.74 Å². The zero-order valence-electron chi connectivity index (χ0n) is 9.47. The van der Waals surface area contributed by atoms with Crippen LogP contribution in [-0.2, 0) is 4.74 Å². The molecule has 1 heterocycles. The fourth-order valence-electron chi connectivity index (χ4n) is 1.82. The Morgan fingerprint density at radius 2 is 2.06 bits per heavy atom. The highest BCUT2D eigenvalue weighted by Gasteiger charge is 2.12. The van der Waals surface area contributed by atoms with Crippen LogP contribution in [0.1, 0.15) is 18.5 Å². The minimum Gasteiger partial charge on any atom is -0.384 e. The van der Waals surface area contributed by atoms with Gasteiger partial charge in [-0.05, 0) is 6.07 Å². The van der Waals surface area contributed by atoms with E-state index in [1.54, 1.807) is 7.11 Å². The van der Waals surface area contributed by atoms with Gasteiger partial charge in [-0.25, -0.2) is 9.97 Å². The molecule has 1 aromatic carbocycles. The Bertz CT molecular complexity index is 499. The molecule has 16 heavy (non-hydrogen) atoms. The summed E-state index contributed by atoms with van der Waals surface area (Å²) in [6.45, 7) is 2.69. The molecule has 0 aliphatic carbocycles. The van der Waals surface area contributed by atoms with Crippen LogP contribution < -0.4 is 5.73 Å². The number of ether oxygens (including phenoxy) is 1. The summed E-state index contributed by atoms with van der Waals surface area (Å²) in [5, 5.41) is 1.04. The number of methoxy groups -OCH3 is 1. The third-order valence-corrected chi connectivity index (χ3v) is 2.53. The number of nitrogen functional groups attached to an aromatic ring is 1. The molecule has 1 aromatic heterocycles. The molecule has 0 aliphatic heterocycles. The van der Waals surface area contributed by atoms with E-state index in [9.17, 15) is 0 Å². The van der Waals surface area contributed by atoms with Gasteiger partial charge in [0.2, 0.25) is 5.95 Å². The molecule has 4 heteroatoms. The first-order valence-corrected chi connectivity index (χ1v) is 5.23. The standard InChI is InChI=1S/C12H15N3O/c1-8(7-16-2)11-9-5-3-4-6-10(9)14-12(13)15-11/h3-6,8H,7H2,1-2H3,(H2,13,14,15). The summed E-state index contributed by atoms with van der Waals surface area (Å²) in [6.07, 6.45) is 0. The third kappa shape index (κ3) is 1.97. The van der Waals surface area contributed by atoms with Crippen LogP contribution in [0, 0.1) is 0 Å². The first kappa shape index (κ1) is 10.8. The molecule has 2 aromatic rings. The van der Waals surface area contributed by atoms with Gasteiger partial charge in [0.15, 0.2) is 0 Å². The number of rotatable bonds is 3. The normalized spacial score (nSPS) is 12.9. The summed E-state index contributed by atoms with van der Waals surface area (Å²) in [5.41, 5.74) is 7.53. The Morgan fingerprint density at radius 1 is 1.31 bits per heavy atom. The number of nitrogens with zero attached hydrogens (tertiary/aromatic N) is 2. The van der Waals surface area contributed by atoms with Crippen molar-refractivity contribution in [2.75, 3.05) is 19.5 Å². The molecule has 0 aliphatic rings. The zero-order valence-corrected chi connectivity index (χ0v) is 9.47. The molecular weight excluding hydrogens is 202 g/mol. The average Bonchev–Trinajstić information content (AvgIpc) is 2.28.